The second-order valence-corrected chi connectivity index (χ2v) is 8.48. The number of fused-ring (bicyclic) bond motifs is 2. The highest BCUT2D eigenvalue weighted by molar-refractivity contribution is 7.07. The van der Waals surface area contributed by atoms with Crippen molar-refractivity contribution in [2.24, 2.45) is 0 Å². The number of rotatable bonds is 4. The maximum Gasteiger partial charge on any atom is 0.121 e. The molecule has 3 rings (SSSR count). The van der Waals surface area contributed by atoms with Gasteiger partial charge in [0.15, 0.2) is 0 Å². The second-order valence-electron chi connectivity index (χ2n) is 7.76. The van der Waals surface area contributed by atoms with Crippen molar-refractivity contribution in [1.29, 1.82) is 0 Å². The van der Waals surface area contributed by atoms with E-state index in [0.29, 0.717) is 19.8 Å². The van der Waals surface area contributed by atoms with Crippen LogP contribution in [0.4, 0.5) is 5.69 Å². The Hall–Kier alpha value is -1.75. The smallest absolute Gasteiger partial charge is 0.121 e. The average Bonchev–Trinajstić information content (AvgIpc) is 3.29. The molecule has 4 N–H and O–H groups in total. The van der Waals surface area contributed by atoms with Crippen LogP contribution in [0.15, 0.2) is 35.2 Å². The summed E-state index contributed by atoms with van der Waals surface area (Å²) in [6.45, 7) is 0.902. The minimum atomic E-state index is -1.37. The molecule has 172 valence electrons. The number of hydrogen-bond acceptors (Lipinski definition) is 9. The molecule has 0 radical (unpaired) electrons. The minimum absolute atomic E-state index is 0.0835. The topological polar surface area (TPSA) is 116 Å². The summed E-state index contributed by atoms with van der Waals surface area (Å²) < 4.78 is 11.6. The van der Waals surface area contributed by atoms with Crippen molar-refractivity contribution in [3.63, 3.8) is 0 Å². The van der Waals surface area contributed by atoms with Gasteiger partial charge in [0.05, 0.1) is 37.1 Å². The first-order valence-corrected chi connectivity index (χ1v) is 11.6. The molecule has 2 heterocycles. The van der Waals surface area contributed by atoms with Gasteiger partial charge in [-0.3, -0.25) is 0 Å². The molecule has 0 saturated heterocycles. The van der Waals surface area contributed by atoms with Crippen LogP contribution >= 0.6 is 11.3 Å². The number of ether oxygens (including phenoxy) is 2. The molecular weight excluding hydrogens is 420 g/mol. The van der Waals surface area contributed by atoms with Crippen molar-refractivity contribution in [2.45, 2.75) is 56.6 Å². The summed E-state index contributed by atoms with van der Waals surface area (Å²) in [6, 6.07) is 7.62. The van der Waals surface area contributed by atoms with E-state index < -0.39 is 31.0 Å². The van der Waals surface area contributed by atoms with E-state index in [4.69, 9.17) is 9.47 Å². The van der Waals surface area contributed by atoms with E-state index in [1.54, 1.807) is 5.51 Å². The SMILES string of the molecule is OC[C@@H](O)[C@H]1OCCCCCCOc2cccc(c2)N(Cc2cscn2)C[C@@H](O)[C@H]1O. The zero-order valence-electron chi connectivity index (χ0n) is 17.5. The van der Waals surface area contributed by atoms with Crippen LogP contribution in [-0.4, -0.2) is 76.2 Å². The van der Waals surface area contributed by atoms with Gasteiger partial charge in [-0.25, -0.2) is 4.98 Å². The van der Waals surface area contributed by atoms with Gasteiger partial charge in [0, 0.05) is 30.3 Å². The van der Waals surface area contributed by atoms with Crippen molar-refractivity contribution in [1.82, 2.24) is 4.98 Å². The molecule has 0 aliphatic carbocycles. The summed E-state index contributed by atoms with van der Waals surface area (Å²) in [6.07, 6.45) is -1.40. The first-order valence-electron chi connectivity index (χ1n) is 10.7. The predicted octanol–water partition coefficient (Wildman–Crippen LogP) is 1.56. The second kappa shape index (κ2) is 12.3. The molecular formula is C22H32N2O6S. The normalized spacial score (nSPS) is 25.0. The number of aliphatic hydroxyl groups is 4. The minimum Gasteiger partial charge on any atom is -0.494 e. The molecule has 2 bridgehead atoms. The Morgan fingerprint density at radius 1 is 1.16 bits per heavy atom. The number of hydrogen-bond donors (Lipinski definition) is 4. The fraction of sp³-hybridized carbons (Fsp3) is 0.591. The van der Waals surface area contributed by atoms with E-state index in [2.05, 4.69) is 4.98 Å². The van der Waals surface area contributed by atoms with Crippen molar-refractivity contribution >= 4 is 17.0 Å². The van der Waals surface area contributed by atoms with Gasteiger partial charge in [0.1, 0.15) is 24.1 Å². The summed E-state index contributed by atoms with van der Waals surface area (Å²) in [5.41, 5.74) is 3.41. The Bertz CT molecular complexity index is 762. The Balaban J connectivity index is 1.85. The lowest BCUT2D eigenvalue weighted by Gasteiger charge is -2.33. The average molecular weight is 453 g/mol. The molecule has 1 aromatic heterocycles. The monoisotopic (exact) mass is 452 g/mol. The molecule has 0 unspecified atom stereocenters. The fourth-order valence-electron chi connectivity index (χ4n) is 3.60. The van der Waals surface area contributed by atoms with Crippen molar-refractivity contribution in [3.8, 4) is 5.75 Å². The fourth-order valence-corrected chi connectivity index (χ4v) is 4.15. The first kappa shape index (κ1) is 23.9. The number of nitrogens with zero attached hydrogens (tertiary/aromatic N) is 2. The quantitative estimate of drug-likeness (QED) is 0.553. The Morgan fingerprint density at radius 2 is 1.97 bits per heavy atom. The van der Waals surface area contributed by atoms with Gasteiger partial charge in [-0.15, -0.1) is 11.3 Å². The van der Waals surface area contributed by atoms with E-state index in [1.807, 2.05) is 34.5 Å². The van der Waals surface area contributed by atoms with Crippen molar-refractivity contribution in [2.75, 3.05) is 31.3 Å². The van der Waals surface area contributed by atoms with Crippen LogP contribution in [0.5, 0.6) is 5.75 Å². The van der Waals surface area contributed by atoms with Crippen LogP contribution in [0.2, 0.25) is 0 Å². The standard InChI is InChI=1S/C22H32N2O6S/c25-13-20(27)22-21(28)19(26)12-24(11-16-14-31-15-23-16)17-6-5-7-18(10-17)29-8-3-1-2-4-9-30-22/h5-7,10,14-15,19-22,25-28H,1-4,8-9,11-13H2/t19-,20-,21-,22-/m1/s1. The van der Waals surface area contributed by atoms with Gasteiger partial charge >= 0.3 is 0 Å². The van der Waals surface area contributed by atoms with Crippen LogP contribution in [0.1, 0.15) is 31.4 Å². The van der Waals surface area contributed by atoms with E-state index in [-0.39, 0.29) is 6.54 Å². The molecule has 0 amide bonds. The maximum absolute atomic E-state index is 10.8. The lowest BCUT2D eigenvalue weighted by molar-refractivity contribution is -0.141. The highest BCUT2D eigenvalue weighted by Crippen LogP contribution is 2.25. The molecule has 9 heteroatoms. The largest absolute Gasteiger partial charge is 0.494 e. The molecule has 0 fully saturated rings. The van der Waals surface area contributed by atoms with E-state index >= 15 is 0 Å². The molecule has 31 heavy (non-hydrogen) atoms. The summed E-state index contributed by atoms with van der Waals surface area (Å²) in [7, 11) is 0. The maximum atomic E-state index is 10.8. The summed E-state index contributed by atoms with van der Waals surface area (Å²) in [4.78, 5) is 6.24. The Labute approximate surface area is 186 Å². The van der Waals surface area contributed by atoms with Gasteiger partial charge in [0.25, 0.3) is 0 Å². The number of thiazole rings is 1. The lowest BCUT2D eigenvalue weighted by atomic mass is 10.0. The number of aliphatic hydroxyl groups excluding tert-OH is 4. The number of β-amino-alcohol motifs (C(OH)–C–C–N with tert-alkyl or cyclic N) is 1. The van der Waals surface area contributed by atoms with Crippen LogP contribution < -0.4 is 9.64 Å². The third-order valence-electron chi connectivity index (χ3n) is 5.34. The molecule has 4 atom stereocenters. The third-order valence-corrected chi connectivity index (χ3v) is 5.98. The van der Waals surface area contributed by atoms with E-state index in [1.165, 1.54) is 11.3 Å². The van der Waals surface area contributed by atoms with Gasteiger partial charge in [-0.2, -0.15) is 0 Å². The molecule has 1 aromatic carbocycles. The van der Waals surface area contributed by atoms with Crippen LogP contribution in [0.25, 0.3) is 0 Å². The number of anilines is 1. The summed E-state index contributed by atoms with van der Waals surface area (Å²) >= 11 is 1.49. The zero-order valence-corrected chi connectivity index (χ0v) is 18.4. The predicted molar refractivity (Wildman–Crippen MR) is 118 cm³/mol. The van der Waals surface area contributed by atoms with Crippen LogP contribution in [0.3, 0.4) is 0 Å². The number of benzene rings is 1. The van der Waals surface area contributed by atoms with Gasteiger partial charge in [0.2, 0.25) is 0 Å². The summed E-state index contributed by atoms with van der Waals surface area (Å²) in [5, 5.41) is 43.1. The van der Waals surface area contributed by atoms with Gasteiger partial charge in [-0.05, 0) is 31.4 Å². The van der Waals surface area contributed by atoms with Crippen molar-refractivity contribution < 1.29 is 29.9 Å². The third kappa shape index (κ3) is 7.13. The molecule has 0 spiro atoms. The van der Waals surface area contributed by atoms with Crippen LogP contribution in [0, 0.1) is 0 Å². The van der Waals surface area contributed by atoms with E-state index in [0.717, 1.165) is 42.8 Å². The molecule has 0 saturated carbocycles. The van der Waals surface area contributed by atoms with Gasteiger partial charge in [-0.1, -0.05) is 12.5 Å². The molecule has 1 aliphatic heterocycles. The van der Waals surface area contributed by atoms with E-state index in [9.17, 15) is 20.4 Å². The van der Waals surface area contributed by atoms with Crippen LogP contribution in [-0.2, 0) is 11.3 Å². The highest BCUT2D eigenvalue weighted by atomic mass is 32.1. The first-order chi connectivity index (χ1) is 15.1. The molecule has 8 nitrogen and oxygen atoms in total. The molecule has 1 aliphatic rings. The number of aromatic nitrogens is 1. The van der Waals surface area contributed by atoms with Gasteiger partial charge < -0.3 is 34.8 Å². The highest BCUT2D eigenvalue weighted by Gasteiger charge is 2.33. The lowest BCUT2D eigenvalue weighted by Crippen LogP contribution is -2.51. The van der Waals surface area contributed by atoms with Crippen molar-refractivity contribution in [3.05, 3.63) is 40.8 Å². The molecule has 2 aromatic rings. The zero-order chi connectivity index (χ0) is 22.1. The Kier molecular flexibility index (Phi) is 9.51. The Morgan fingerprint density at radius 3 is 2.71 bits per heavy atom. The summed E-state index contributed by atoms with van der Waals surface area (Å²) in [5.74, 6) is 0.750.